The Bertz CT molecular complexity index is 642. The minimum absolute atomic E-state index is 0. The van der Waals surface area contributed by atoms with Crippen LogP contribution >= 0.6 is 0 Å². The molecule has 3 rings (SSSR count). The summed E-state index contributed by atoms with van der Waals surface area (Å²) in [4.78, 5) is 2.46. The Labute approximate surface area is 165 Å². The Kier molecular flexibility index (Phi) is 10.8. The van der Waals surface area contributed by atoms with E-state index in [4.69, 9.17) is 4.74 Å². The summed E-state index contributed by atoms with van der Waals surface area (Å²) in [5.41, 5.74) is 5.45. The molecule has 1 aliphatic heterocycles. The maximum Gasteiger partial charge on any atom is 0.118 e. The molecule has 2 N–H and O–H groups in total. The van der Waals surface area contributed by atoms with Crippen molar-refractivity contribution < 1.29 is 10.2 Å². The highest BCUT2D eigenvalue weighted by Gasteiger charge is 2.19. The molecule has 0 unspecified atom stereocenters. The SMILES string of the molecule is C.CCCCCCCCN1COCCc2cccc(-c3ccccc3)c21.O. The van der Waals surface area contributed by atoms with Crippen LogP contribution in [0.4, 0.5) is 5.69 Å². The van der Waals surface area contributed by atoms with Crippen molar-refractivity contribution in [2.24, 2.45) is 0 Å². The highest BCUT2D eigenvalue weighted by molar-refractivity contribution is 5.81. The molecule has 0 aromatic heterocycles. The van der Waals surface area contributed by atoms with E-state index in [9.17, 15) is 0 Å². The third kappa shape index (κ3) is 6.37. The second kappa shape index (κ2) is 12.5. The predicted octanol–water partition coefficient (Wildman–Crippen LogP) is 5.86. The minimum Gasteiger partial charge on any atom is -0.412 e. The summed E-state index contributed by atoms with van der Waals surface area (Å²) in [6.07, 6.45) is 8.98. The fraction of sp³-hybridized carbons (Fsp3) is 0.500. The molecule has 0 fully saturated rings. The van der Waals surface area contributed by atoms with Crippen LogP contribution in [0.3, 0.4) is 0 Å². The van der Waals surface area contributed by atoms with Crippen LogP contribution < -0.4 is 4.90 Å². The van der Waals surface area contributed by atoms with E-state index in [1.807, 2.05) is 0 Å². The van der Waals surface area contributed by atoms with Gasteiger partial charge in [-0.05, 0) is 24.0 Å². The van der Waals surface area contributed by atoms with E-state index in [1.165, 1.54) is 60.9 Å². The van der Waals surface area contributed by atoms with Crippen LogP contribution in [0.2, 0.25) is 0 Å². The van der Waals surface area contributed by atoms with E-state index < -0.39 is 0 Å². The lowest BCUT2D eigenvalue weighted by Gasteiger charge is -2.27. The zero-order valence-electron chi connectivity index (χ0n) is 16.0. The largest absolute Gasteiger partial charge is 0.412 e. The molecule has 1 heterocycles. The summed E-state index contributed by atoms with van der Waals surface area (Å²) < 4.78 is 5.90. The molecule has 0 saturated carbocycles. The van der Waals surface area contributed by atoms with E-state index in [1.54, 1.807) is 0 Å². The molecule has 0 spiro atoms. The van der Waals surface area contributed by atoms with Crippen molar-refractivity contribution in [1.29, 1.82) is 0 Å². The molecule has 0 radical (unpaired) electrons. The number of anilines is 1. The number of nitrogens with zero attached hydrogens (tertiary/aromatic N) is 1. The summed E-state index contributed by atoms with van der Waals surface area (Å²) in [7, 11) is 0. The fourth-order valence-electron chi connectivity index (χ4n) is 3.70. The number of unbranched alkanes of at least 4 members (excludes halogenated alkanes) is 5. The van der Waals surface area contributed by atoms with Gasteiger partial charge in [0.25, 0.3) is 0 Å². The van der Waals surface area contributed by atoms with Gasteiger partial charge in [0, 0.05) is 17.8 Å². The minimum atomic E-state index is 0. The molecule has 0 aliphatic carbocycles. The molecule has 2 aromatic rings. The first-order valence-electron chi connectivity index (χ1n) is 9.90. The van der Waals surface area contributed by atoms with Gasteiger partial charge in [0.05, 0.1) is 6.61 Å². The monoisotopic (exact) mass is 371 g/mol. The van der Waals surface area contributed by atoms with Crippen LogP contribution in [-0.4, -0.2) is 25.4 Å². The summed E-state index contributed by atoms with van der Waals surface area (Å²) >= 11 is 0. The topological polar surface area (TPSA) is 44.0 Å². The van der Waals surface area contributed by atoms with Crippen LogP contribution in [0.25, 0.3) is 11.1 Å². The van der Waals surface area contributed by atoms with Gasteiger partial charge in [-0.3, -0.25) is 0 Å². The normalized spacial score (nSPS) is 13.1. The molecule has 27 heavy (non-hydrogen) atoms. The molecular formula is C24H37NO2. The van der Waals surface area contributed by atoms with Gasteiger partial charge in [-0.2, -0.15) is 0 Å². The lowest BCUT2D eigenvalue weighted by atomic mass is 9.97. The molecular weight excluding hydrogens is 334 g/mol. The maximum absolute atomic E-state index is 5.90. The number of para-hydroxylation sites is 1. The second-order valence-corrected chi connectivity index (χ2v) is 7.00. The Balaban J connectivity index is 0.00000182. The Morgan fingerprint density at radius 2 is 1.63 bits per heavy atom. The Morgan fingerprint density at radius 3 is 2.41 bits per heavy atom. The lowest BCUT2D eigenvalue weighted by molar-refractivity contribution is 0.142. The van der Waals surface area contributed by atoms with Crippen LogP contribution in [0.15, 0.2) is 48.5 Å². The molecule has 150 valence electrons. The Hall–Kier alpha value is -1.84. The number of fused-ring (bicyclic) bond motifs is 1. The first-order chi connectivity index (χ1) is 12.4. The summed E-state index contributed by atoms with van der Waals surface area (Å²) in [6.45, 7) is 4.89. The fourth-order valence-corrected chi connectivity index (χ4v) is 3.70. The van der Waals surface area contributed by atoms with Crippen molar-refractivity contribution in [1.82, 2.24) is 0 Å². The molecule has 3 nitrogen and oxygen atoms in total. The standard InChI is InChI=1S/C23H31NO.CH4.H2O/c1-2-3-4-5-6-10-17-24-19-25-18-16-21-14-11-15-22(23(21)24)20-12-8-7-9-13-20;;/h7-9,11-15H,2-6,10,16-19H2,1H3;1H4;1H2. The van der Waals surface area contributed by atoms with Crippen molar-refractivity contribution in [3.63, 3.8) is 0 Å². The molecule has 0 saturated heterocycles. The van der Waals surface area contributed by atoms with Crippen molar-refractivity contribution >= 4 is 5.69 Å². The van der Waals surface area contributed by atoms with Crippen LogP contribution in [0.1, 0.15) is 58.4 Å². The number of ether oxygens (including phenoxy) is 1. The van der Waals surface area contributed by atoms with E-state index in [0.29, 0.717) is 6.73 Å². The van der Waals surface area contributed by atoms with E-state index in [0.717, 1.165) is 19.6 Å². The number of benzene rings is 2. The first-order valence-corrected chi connectivity index (χ1v) is 9.90. The van der Waals surface area contributed by atoms with Gasteiger partial charge in [-0.1, -0.05) is 95.0 Å². The van der Waals surface area contributed by atoms with Gasteiger partial charge in [0.15, 0.2) is 0 Å². The second-order valence-electron chi connectivity index (χ2n) is 7.00. The van der Waals surface area contributed by atoms with Gasteiger partial charge in [0.1, 0.15) is 6.73 Å². The lowest BCUT2D eigenvalue weighted by Crippen LogP contribution is -2.27. The third-order valence-corrected chi connectivity index (χ3v) is 5.07. The van der Waals surface area contributed by atoms with Gasteiger partial charge >= 0.3 is 0 Å². The smallest absolute Gasteiger partial charge is 0.118 e. The van der Waals surface area contributed by atoms with Crippen LogP contribution in [-0.2, 0) is 11.2 Å². The quantitative estimate of drug-likeness (QED) is 0.545. The predicted molar refractivity (Wildman–Crippen MR) is 117 cm³/mol. The zero-order chi connectivity index (χ0) is 17.3. The first kappa shape index (κ1) is 23.2. The average Bonchev–Trinajstić information content (AvgIpc) is 2.87. The maximum atomic E-state index is 5.90. The molecule has 0 atom stereocenters. The average molecular weight is 372 g/mol. The van der Waals surface area contributed by atoms with Crippen molar-refractivity contribution in [2.75, 3.05) is 24.8 Å². The summed E-state index contributed by atoms with van der Waals surface area (Å²) in [6, 6.07) is 17.5. The summed E-state index contributed by atoms with van der Waals surface area (Å²) in [5.74, 6) is 0. The van der Waals surface area contributed by atoms with Gasteiger partial charge in [-0.15, -0.1) is 0 Å². The molecule has 0 bridgehead atoms. The number of hydrogen-bond donors (Lipinski definition) is 0. The highest BCUT2D eigenvalue weighted by atomic mass is 16.5. The van der Waals surface area contributed by atoms with E-state index >= 15 is 0 Å². The van der Waals surface area contributed by atoms with E-state index in [2.05, 4.69) is 60.4 Å². The molecule has 0 amide bonds. The van der Waals surface area contributed by atoms with Gasteiger partial charge < -0.3 is 15.1 Å². The summed E-state index contributed by atoms with van der Waals surface area (Å²) in [5, 5.41) is 0. The number of hydrogen-bond acceptors (Lipinski definition) is 2. The van der Waals surface area contributed by atoms with E-state index in [-0.39, 0.29) is 12.9 Å². The zero-order valence-corrected chi connectivity index (χ0v) is 16.0. The van der Waals surface area contributed by atoms with Gasteiger partial charge in [0.2, 0.25) is 0 Å². The van der Waals surface area contributed by atoms with Crippen molar-refractivity contribution in [3.05, 3.63) is 54.1 Å². The number of rotatable bonds is 8. The van der Waals surface area contributed by atoms with Crippen molar-refractivity contribution in [2.45, 2.75) is 59.3 Å². The van der Waals surface area contributed by atoms with Gasteiger partial charge in [-0.25, -0.2) is 0 Å². The van der Waals surface area contributed by atoms with Crippen LogP contribution in [0.5, 0.6) is 0 Å². The van der Waals surface area contributed by atoms with Crippen LogP contribution in [0, 0.1) is 0 Å². The third-order valence-electron chi connectivity index (χ3n) is 5.07. The molecule has 1 aliphatic rings. The Morgan fingerprint density at radius 1 is 0.889 bits per heavy atom. The van der Waals surface area contributed by atoms with Crippen molar-refractivity contribution in [3.8, 4) is 11.1 Å². The highest BCUT2D eigenvalue weighted by Crippen LogP contribution is 2.35. The molecule has 3 heteroatoms. The molecule has 2 aromatic carbocycles.